The third kappa shape index (κ3) is 4.26. The predicted molar refractivity (Wildman–Crippen MR) is 69.5 cm³/mol. The molecule has 1 fully saturated rings. The molecule has 0 aliphatic carbocycles. The van der Waals surface area contributed by atoms with Crippen LogP contribution in [0.25, 0.3) is 0 Å². The monoisotopic (exact) mass is 242 g/mol. The van der Waals surface area contributed by atoms with E-state index in [1.807, 2.05) is 6.92 Å². The number of primary amides is 1. The Bertz CT molecular complexity index is 239. The zero-order chi connectivity index (χ0) is 12.8. The van der Waals surface area contributed by atoms with Gasteiger partial charge in [-0.25, -0.2) is 0 Å². The van der Waals surface area contributed by atoms with Crippen LogP contribution < -0.4 is 11.5 Å². The molecular weight excluding hydrogens is 216 g/mol. The van der Waals surface area contributed by atoms with Crippen molar-refractivity contribution >= 4 is 5.91 Å². The SMILES string of the molecule is CCC(C(N)=O)N1CCN(CC(C)CN)CC1. The van der Waals surface area contributed by atoms with Crippen molar-refractivity contribution in [2.24, 2.45) is 17.4 Å². The van der Waals surface area contributed by atoms with Gasteiger partial charge < -0.3 is 16.4 Å². The van der Waals surface area contributed by atoms with Gasteiger partial charge in [0.05, 0.1) is 6.04 Å². The summed E-state index contributed by atoms with van der Waals surface area (Å²) < 4.78 is 0. The summed E-state index contributed by atoms with van der Waals surface area (Å²) in [6.07, 6.45) is 0.800. The number of carbonyl (C=O) groups excluding carboxylic acids is 1. The predicted octanol–water partition coefficient (Wildman–Crippen LogP) is -0.537. The summed E-state index contributed by atoms with van der Waals surface area (Å²) in [5.41, 5.74) is 11.0. The number of rotatable bonds is 6. The fraction of sp³-hybridized carbons (Fsp3) is 0.917. The van der Waals surface area contributed by atoms with E-state index in [9.17, 15) is 4.79 Å². The van der Waals surface area contributed by atoms with E-state index in [4.69, 9.17) is 11.5 Å². The van der Waals surface area contributed by atoms with Gasteiger partial charge in [0.1, 0.15) is 0 Å². The zero-order valence-electron chi connectivity index (χ0n) is 11.1. The number of carbonyl (C=O) groups is 1. The summed E-state index contributed by atoms with van der Waals surface area (Å²) in [7, 11) is 0. The summed E-state index contributed by atoms with van der Waals surface area (Å²) >= 11 is 0. The first kappa shape index (κ1) is 14.4. The van der Waals surface area contributed by atoms with Gasteiger partial charge in [0.25, 0.3) is 0 Å². The van der Waals surface area contributed by atoms with Crippen LogP contribution in [0, 0.1) is 5.92 Å². The minimum Gasteiger partial charge on any atom is -0.368 e. The van der Waals surface area contributed by atoms with E-state index in [0.29, 0.717) is 5.92 Å². The van der Waals surface area contributed by atoms with Crippen molar-refractivity contribution in [3.8, 4) is 0 Å². The molecule has 17 heavy (non-hydrogen) atoms. The first-order valence-corrected chi connectivity index (χ1v) is 6.54. The molecule has 5 heteroatoms. The van der Waals surface area contributed by atoms with E-state index in [2.05, 4.69) is 16.7 Å². The molecule has 2 atom stereocenters. The lowest BCUT2D eigenvalue weighted by Crippen LogP contribution is -2.54. The highest BCUT2D eigenvalue weighted by atomic mass is 16.1. The average Bonchev–Trinajstić information content (AvgIpc) is 2.31. The highest BCUT2D eigenvalue weighted by Gasteiger charge is 2.26. The first-order chi connectivity index (χ1) is 8.08. The van der Waals surface area contributed by atoms with Crippen molar-refractivity contribution in [3.05, 3.63) is 0 Å². The molecular formula is C12H26N4O. The van der Waals surface area contributed by atoms with Crippen LogP contribution in [0.4, 0.5) is 0 Å². The van der Waals surface area contributed by atoms with Gasteiger partial charge in [0, 0.05) is 32.7 Å². The summed E-state index contributed by atoms with van der Waals surface area (Å²) in [5.74, 6) is 0.343. The minimum absolute atomic E-state index is 0.0934. The van der Waals surface area contributed by atoms with Crippen LogP contribution in [-0.2, 0) is 4.79 Å². The second-order valence-corrected chi connectivity index (χ2v) is 5.00. The van der Waals surface area contributed by atoms with Crippen molar-refractivity contribution < 1.29 is 4.79 Å². The molecule has 0 radical (unpaired) electrons. The van der Waals surface area contributed by atoms with Crippen molar-refractivity contribution in [2.75, 3.05) is 39.3 Å². The Morgan fingerprint density at radius 3 is 2.29 bits per heavy atom. The van der Waals surface area contributed by atoms with Crippen LogP contribution in [0.2, 0.25) is 0 Å². The first-order valence-electron chi connectivity index (χ1n) is 6.54. The van der Waals surface area contributed by atoms with Gasteiger partial charge in [-0.05, 0) is 18.9 Å². The Kier molecular flexibility index (Phi) is 5.88. The quantitative estimate of drug-likeness (QED) is 0.656. The van der Waals surface area contributed by atoms with E-state index in [1.54, 1.807) is 0 Å². The standard InChI is InChI=1S/C12H26N4O/c1-3-11(12(14)17)16-6-4-15(5-7-16)9-10(2)8-13/h10-11H,3-9,13H2,1-2H3,(H2,14,17). The van der Waals surface area contributed by atoms with E-state index >= 15 is 0 Å². The molecule has 1 saturated heterocycles. The summed E-state index contributed by atoms with van der Waals surface area (Å²) in [6.45, 7) is 9.85. The number of hydrogen-bond acceptors (Lipinski definition) is 4. The molecule has 0 aromatic heterocycles. The normalized spacial score (nSPS) is 22.3. The maximum absolute atomic E-state index is 11.3. The largest absolute Gasteiger partial charge is 0.368 e. The van der Waals surface area contributed by atoms with Crippen LogP contribution in [0.15, 0.2) is 0 Å². The molecule has 0 aromatic carbocycles. The summed E-state index contributed by atoms with van der Waals surface area (Å²) in [5, 5.41) is 0. The van der Waals surface area contributed by atoms with Gasteiger partial charge in [-0.15, -0.1) is 0 Å². The maximum Gasteiger partial charge on any atom is 0.234 e. The smallest absolute Gasteiger partial charge is 0.234 e. The molecule has 1 heterocycles. The number of hydrogen-bond donors (Lipinski definition) is 2. The molecule has 0 saturated carbocycles. The Balaban J connectivity index is 2.37. The Labute approximate surface area is 104 Å². The lowest BCUT2D eigenvalue weighted by Gasteiger charge is -2.38. The summed E-state index contributed by atoms with van der Waals surface area (Å²) in [4.78, 5) is 15.9. The van der Waals surface area contributed by atoms with Crippen LogP contribution in [-0.4, -0.2) is 61.0 Å². The second-order valence-electron chi connectivity index (χ2n) is 5.00. The van der Waals surface area contributed by atoms with Crippen LogP contribution >= 0.6 is 0 Å². The number of piperazine rings is 1. The van der Waals surface area contributed by atoms with E-state index in [1.165, 1.54) is 0 Å². The molecule has 1 amide bonds. The van der Waals surface area contributed by atoms with Crippen molar-refractivity contribution in [3.63, 3.8) is 0 Å². The van der Waals surface area contributed by atoms with Crippen LogP contribution in [0.5, 0.6) is 0 Å². The van der Waals surface area contributed by atoms with Crippen molar-refractivity contribution in [1.29, 1.82) is 0 Å². The lowest BCUT2D eigenvalue weighted by atomic mass is 10.1. The third-order valence-corrected chi connectivity index (χ3v) is 3.54. The molecule has 2 unspecified atom stereocenters. The van der Waals surface area contributed by atoms with Gasteiger partial charge >= 0.3 is 0 Å². The van der Waals surface area contributed by atoms with E-state index < -0.39 is 0 Å². The average molecular weight is 242 g/mol. The number of nitrogens with two attached hydrogens (primary N) is 2. The second kappa shape index (κ2) is 6.93. The fourth-order valence-electron chi connectivity index (χ4n) is 2.41. The molecule has 5 nitrogen and oxygen atoms in total. The molecule has 1 aliphatic heterocycles. The van der Waals surface area contributed by atoms with E-state index in [0.717, 1.165) is 45.7 Å². The molecule has 1 aliphatic rings. The number of amides is 1. The highest BCUT2D eigenvalue weighted by molar-refractivity contribution is 5.79. The van der Waals surface area contributed by atoms with Crippen LogP contribution in [0.1, 0.15) is 20.3 Å². The molecule has 4 N–H and O–H groups in total. The number of nitrogens with zero attached hydrogens (tertiary/aromatic N) is 2. The molecule has 1 rings (SSSR count). The fourth-order valence-corrected chi connectivity index (χ4v) is 2.41. The van der Waals surface area contributed by atoms with Gasteiger partial charge in [0.2, 0.25) is 5.91 Å². The third-order valence-electron chi connectivity index (χ3n) is 3.54. The van der Waals surface area contributed by atoms with Gasteiger partial charge in [-0.2, -0.15) is 0 Å². The summed E-state index contributed by atoms with van der Waals surface area (Å²) in [6, 6.07) is -0.0934. The minimum atomic E-state index is -0.198. The van der Waals surface area contributed by atoms with Crippen LogP contribution in [0.3, 0.4) is 0 Å². The molecule has 0 spiro atoms. The molecule has 0 bridgehead atoms. The Hall–Kier alpha value is -0.650. The van der Waals surface area contributed by atoms with Crippen molar-refractivity contribution in [1.82, 2.24) is 9.80 Å². The molecule has 100 valence electrons. The lowest BCUT2D eigenvalue weighted by molar-refractivity contribution is -0.124. The van der Waals surface area contributed by atoms with E-state index in [-0.39, 0.29) is 11.9 Å². The topological polar surface area (TPSA) is 75.6 Å². The van der Waals surface area contributed by atoms with Gasteiger partial charge in [-0.3, -0.25) is 9.69 Å². The van der Waals surface area contributed by atoms with Gasteiger partial charge in [0.15, 0.2) is 0 Å². The van der Waals surface area contributed by atoms with Gasteiger partial charge in [-0.1, -0.05) is 13.8 Å². The highest BCUT2D eigenvalue weighted by Crippen LogP contribution is 2.10. The Morgan fingerprint density at radius 1 is 1.29 bits per heavy atom. The van der Waals surface area contributed by atoms with Crippen molar-refractivity contribution in [2.45, 2.75) is 26.3 Å². The maximum atomic E-state index is 11.3. The zero-order valence-corrected chi connectivity index (χ0v) is 11.1. The molecule has 0 aromatic rings. The Morgan fingerprint density at radius 2 is 1.88 bits per heavy atom.